The standard InChI is InChI=1S/C12H16IN3O/c1-7-10(13)4-5-11(15-7)16-12(17)8-2-3-9(14)6-8/h4-5,8-9H,2-3,6,14H2,1H3,(H,15,16,17). The zero-order valence-electron chi connectivity index (χ0n) is 9.74. The monoisotopic (exact) mass is 345 g/mol. The van der Waals surface area contributed by atoms with Gasteiger partial charge in [0.1, 0.15) is 5.82 Å². The van der Waals surface area contributed by atoms with E-state index in [1.807, 2.05) is 19.1 Å². The fourth-order valence-corrected chi connectivity index (χ4v) is 2.40. The van der Waals surface area contributed by atoms with E-state index in [1.165, 1.54) is 0 Å². The van der Waals surface area contributed by atoms with Crippen LogP contribution in [0, 0.1) is 16.4 Å². The van der Waals surface area contributed by atoms with Crippen molar-refractivity contribution in [3.05, 3.63) is 21.4 Å². The van der Waals surface area contributed by atoms with Crippen molar-refractivity contribution in [3.8, 4) is 0 Å². The van der Waals surface area contributed by atoms with E-state index in [9.17, 15) is 4.79 Å². The Morgan fingerprint density at radius 1 is 1.53 bits per heavy atom. The molecule has 2 atom stereocenters. The molecule has 1 amide bonds. The van der Waals surface area contributed by atoms with Crippen LogP contribution >= 0.6 is 22.6 Å². The van der Waals surface area contributed by atoms with Gasteiger partial charge in [0.25, 0.3) is 0 Å². The van der Waals surface area contributed by atoms with E-state index in [1.54, 1.807) is 0 Å². The predicted octanol–water partition coefficient (Wildman–Crippen LogP) is 2.06. The molecule has 1 aromatic heterocycles. The lowest BCUT2D eigenvalue weighted by atomic mass is 10.1. The van der Waals surface area contributed by atoms with Gasteiger partial charge in [-0.15, -0.1) is 0 Å². The van der Waals surface area contributed by atoms with Gasteiger partial charge in [-0.25, -0.2) is 4.98 Å². The second-order valence-corrected chi connectivity index (χ2v) is 5.69. The van der Waals surface area contributed by atoms with Crippen molar-refractivity contribution in [2.75, 3.05) is 5.32 Å². The largest absolute Gasteiger partial charge is 0.328 e. The molecule has 1 aromatic rings. The lowest BCUT2D eigenvalue weighted by Gasteiger charge is -2.10. The van der Waals surface area contributed by atoms with Crippen molar-refractivity contribution in [1.82, 2.24) is 4.98 Å². The van der Waals surface area contributed by atoms with Gasteiger partial charge in [-0.1, -0.05) is 0 Å². The highest BCUT2D eigenvalue weighted by Gasteiger charge is 2.27. The minimum absolute atomic E-state index is 0.0473. The number of amides is 1. The summed E-state index contributed by atoms with van der Waals surface area (Å²) < 4.78 is 1.10. The Morgan fingerprint density at radius 2 is 2.29 bits per heavy atom. The normalized spacial score (nSPS) is 23.7. The number of nitrogens with two attached hydrogens (primary N) is 1. The van der Waals surface area contributed by atoms with Crippen LogP contribution in [0.4, 0.5) is 5.82 Å². The number of nitrogens with one attached hydrogen (secondary N) is 1. The minimum atomic E-state index is 0.0473. The number of hydrogen-bond acceptors (Lipinski definition) is 3. The highest BCUT2D eigenvalue weighted by atomic mass is 127. The topological polar surface area (TPSA) is 68.0 Å². The van der Waals surface area contributed by atoms with E-state index in [0.717, 1.165) is 28.5 Å². The van der Waals surface area contributed by atoms with Crippen LogP contribution in [0.15, 0.2) is 12.1 Å². The first-order valence-electron chi connectivity index (χ1n) is 5.76. The van der Waals surface area contributed by atoms with Crippen LogP contribution in [0.3, 0.4) is 0 Å². The number of rotatable bonds is 2. The van der Waals surface area contributed by atoms with Gasteiger partial charge in [-0.2, -0.15) is 0 Å². The van der Waals surface area contributed by atoms with Gasteiger partial charge in [0, 0.05) is 15.5 Å². The van der Waals surface area contributed by atoms with Gasteiger partial charge in [0.15, 0.2) is 0 Å². The fourth-order valence-electron chi connectivity index (χ4n) is 2.10. The molecule has 0 spiro atoms. The number of anilines is 1. The maximum absolute atomic E-state index is 11.9. The SMILES string of the molecule is Cc1nc(NC(=O)C2CCC(N)C2)ccc1I. The summed E-state index contributed by atoms with van der Waals surface area (Å²) in [6.45, 7) is 1.93. The molecule has 2 unspecified atom stereocenters. The summed E-state index contributed by atoms with van der Waals surface area (Å²) in [5.41, 5.74) is 6.74. The summed E-state index contributed by atoms with van der Waals surface area (Å²) >= 11 is 2.22. The van der Waals surface area contributed by atoms with Crippen molar-refractivity contribution in [1.29, 1.82) is 0 Å². The number of pyridine rings is 1. The third kappa shape index (κ3) is 3.16. The summed E-state index contributed by atoms with van der Waals surface area (Å²) in [4.78, 5) is 16.3. The second kappa shape index (κ2) is 5.30. The molecule has 0 aliphatic heterocycles. The number of aryl methyl sites for hydroxylation is 1. The average Bonchev–Trinajstić information content (AvgIpc) is 2.70. The Balaban J connectivity index is 2.00. The van der Waals surface area contributed by atoms with Gasteiger partial charge in [-0.05, 0) is 60.9 Å². The Hall–Kier alpha value is -0.690. The fraction of sp³-hybridized carbons (Fsp3) is 0.500. The Bertz CT molecular complexity index is 436. The van der Waals surface area contributed by atoms with Gasteiger partial charge in [-0.3, -0.25) is 4.79 Å². The number of hydrogen-bond donors (Lipinski definition) is 2. The molecule has 1 saturated carbocycles. The van der Waals surface area contributed by atoms with Crippen molar-refractivity contribution >= 4 is 34.3 Å². The molecule has 1 aliphatic carbocycles. The second-order valence-electron chi connectivity index (χ2n) is 4.52. The Labute approximate surface area is 115 Å². The van der Waals surface area contributed by atoms with Crippen molar-refractivity contribution < 1.29 is 4.79 Å². The van der Waals surface area contributed by atoms with Crippen LogP contribution in [0.2, 0.25) is 0 Å². The number of halogens is 1. The van der Waals surface area contributed by atoms with Crippen molar-refractivity contribution in [2.45, 2.75) is 32.2 Å². The van der Waals surface area contributed by atoms with E-state index < -0.39 is 0 Å². The maximum atomic E-state index is 11.9. The third-order valence-electron chi connectivity index (χ3n) is 3.12. The number of nitrogens with zero attached hydrogens (tertiary/aromatic N) is 1. The average molecular weight is 345 g/mol. The molecule has 3 N–H and O–H groups in total. The lowest BCUT2D eigenvalue weighted by molar-refractivity contribution is -0.119. The Kier molecular flexibility index (Phi) is 3.98. The smallest absolute Gasteiger partial charge is 0.228 e. The zero-order chi connectivity index (χ0) is 12.4. The number of aromatic nitrogens is 1. The van der Waals surface area contributed by atoms with Crippen molar-refractivity contribution in [2.24, 2.45) is 11.7 Å². The van der Waals surface area contributed by atoms with Crippen LogP contribution in [-0.2, 0) is 4.79 Å². The van der Waals surface area contributed by atoms with E-state index >= 15 is 0 Å². The van der Waals surface area contributed by atoms with E-state index in [-0.39, 0.29) is 17.9 Å². The van der Waals surface area contributed by atoms with Crippen LogP contribution in [0.25, 0.3) is 0 Å². The van der Waals surface area contributed by atoms with Gasteiger partial charge in [0.2, 0.25) is 5.91 Å². The van der Waals surface area contributed by atoms with Gasteiger partial charge in [0.05, 0.1) is 5.69 Å². The van der Waals surface area contributed by atoms with E-state index in [2.05, 4.69) is 32.9 Å². The molecule has 17 heavy (non-hydrogen) atoms. The van der Waals surface area contributed by atoms with Crippen LogP contribution in [0.5, 0.6) is 0 Å². The molecule has 1 aliphatic rings. The van der Waals surface area contributed by atoms with Gasteiger partial charge < -0.3 is 11.1 Å². The molecule has 2 rings (SSSR count). The van der Waals surface area contributed by atoms with E-state index in [4.69, 9.17) is 5.73 Å². The zero-order valence-corrected chi connectivity index (χ0v) is 11.9. The molecule has 1 heterocycles. The van der Waals surface area contributed by atoms with Crippen LogP contribution < -0.4 is 11.1 Å². The van der Waals surface area contributed by atoms with Crippen molar-refractivity contribution in [3.63, 3.8) is 0 Å². The summed E-state index contributed by atoms with van der Waals surface area (Å²) in [6, 6.07) is 3.97. The summed E-state index contributed by atoms with van der Waals surface area (Å²) in [5.74, 6) is 0.728. The number of carbonyl (C=O) groups excluding carboxylic acids is 1. The van der Waals surface area contributed by atoms with Crippen LogP contribution in [0.1, 0.15) is 25.0 Å². The molecule has 4 nitrogen and oxygen atoms in total. The summed E-state index contributed by atoms with van der Waals surface area (Å²) in [5, 5.41) is 2.86. The highest BCUT2D eigenvalue weighted by molar-refractivity contribution is 14.1. The number of carbonyl (C=O) groups is 1. The van der Waals surface area contributed by atoms with Gasteiger partial charge >= 0.3 is 0 Å². The van der Waals surface area contributed by atoms with Crippen LogP contribution in [-0.4, -0.2) is 16.9 Å². The molecule has 0 radical (unpaired) electrons. The molecule has 0 aromatic carbocycles. The first-order chi connectivity index (χ1) is 8.06. The molecule has 5 heteroatoms. The van der Waals surface area contributed by atoms with E-state index in [0.29, 0.717) is 5.82 Å². The quantitative estimate of drug-likeness (QED) is 0.807. The molecule has 0 saturated heterocycles. The third-order valence-corrected chi connectivity index (χ3v) is 4.26. The Morgan fingerprint density at radius 3 is 2.88 bits per heavy atom. The molecule has 92 valence electrons. The summed E-state index contributed by atoms with van der Waals surface area (Å²) in [6.07, 6.45) is 2.61. The minimum Gasteiger partial charge on any atom is -0.328 e. The molecule has 1 fully saturated rings. The predicted molar refractivity (Wildman–Crippen MR) is 75.6 cm³/mol. The lowest BCUT2D eigenvalue weighted by Crippen LogP contribution is -2.23. The molecular formula is C12H16IN3O. The first-order valence-corrected chi connectivity index (χ1v) is 6.83. The summed E-state index contributed by atoms with van der Waals surface area (Å²) in [7, 11) is 0. The molecule has 0 bridgehead atoms. The highest BCUT2D eigenvalue weighted by Crippen LogP contribution is 2.25. The maximum Gasteiger partial charge on any atom is 0.228 e. The first kappa shape index (κ1) is 12.8. The molecular weight excluding hydrogens is 329 g/mol.